The zero-order chi connectivity index (χ0) is 17.6. The summed E-state index contributed by atoms with van der Waals surface area (Å²) < 4.78 is 5.88. The Morgan fingerprint density at radius 2 is 2.04 bits per heavy atom. The maximum absolute atomic E-state index is 12.3. The van der Waals surface area contributed by atoms with E-state index in [1.54, 1.807) is 6.92 Å². The first-order valence-corrected chi connectivity index (χ1v) is 8.83. The molecule has 0 spiro atoms. The van der Waals surface area contributed by atoms with E-state index in [9.17, 15) is 4.79 Å². The molecule has 1 aliphatic carbocycles. The minimum absolute atomic E-state index is 0.122. The number of ether oxygens (including phenoxy) is 1. The molecule has 4 nitrogen and oxygen atoms in total. The summed E-state index contributed by atoms with van der Waals surface area (Å²) in [5.74, 6) is 1.98. The fraction of sp³-hybridized carbons (Fsp3) is 0.300. The molecule has 128 valence electrons. The maximum atomic E-state index is 12.3. The second-order valence-corrected chi connectivity index (χ2v) is 7.14. The second-order valence-electron chi connectivity index (χ2n) is 6.74. The molecule has 5 heteroatoms. The highest BCUT2D eigenvalue weighted by Gasteiger charge is 2.22. The van der Waals surface area contributed by atoms with E-state index in [0.717, 1.165) is 16.7 Å². The van der Waals surface area contributed by atoms with Crippen LogP contribution in [0, 0.1) is 19.8 Å². The molecule has 0 amide bonds. The van der Waals surface area contributed by atoms with Crippen LogP contribution < -0.4 is 10.3 Å². The van der Waals surface area contributed by atoms with Crippen molar-refractivity contribution in [3.05, 3.63) is 57.1 Å². The van der Waals surface area contributed by atoms with Crippen LogP contribution in [0.15, 0.2) is 35.1 Å². The van der Waals surface area contributed by atoms with E-state index in [0.29, 0.717) is 40.0 Å². The SMILES string of the molecule is Cc1nc2cc(C)c(-c3ccc(Cl)c(OCC4CC4)c3)cc2c(=O)[nH]1. The third-order valence-electron chi connectivity index (χ3n) is 4.58. The van der Waals surface area contributed by atoms with Gasteiger partial charge in [0.05, 0.1) is 22.5 Å². The molecule has 0 radical (unpaired) electrons. The quantitative estimate of drug-likeness (QED) is 0.742. The minimum Gasteiger partial charge on any atom is -0.492 e. The first kappa shape index (κ1) is 16.2. The Labute approximate surface area is 150 Å². The molecule has 1 fully saturated rings. The number of hydrogen-bond donors (Lipinski definition) is 1. The van der Waals surface area contributed by atoms with E-state index in [2.05, 4.69) is 9.97 Å². The lowest BCUT2D eigenvalue weighted by Crippen LogP contribution is -2.10. The molecule has 1 aromatic heterocycles. The van der Waals surface area contributed by atoms with Crippen LogP contribution in [0.5, 0.6) is 5.75 Å². The van der Waals surface area contributed by atoms with Crippen molar-refractivity contribution in [1.82, 2.24) is 9.97 Å². The monoisotopic (exact) mass is 354 g/mol. The molecule has 1 saturated carbocycles. The summed E-state index contributed by atoms with van der Waals surface area (Å²) in [6.45, 7) is 4.52. The van der Waals surface area contributed by atoms with Gasteiger partial charge in [-0.3, -0.25) is 4.79 Å². The summed E-state index contributed by atoms with van der Waals surface area (Å²) in [7, 11) is 0. The molecule has 1 aliphatic rings. The van der Waals surface area contributed by atoms with Crippen molar-refractivity contribution < 1.29 is 4.74 Å². The van der Waals surface area contributed by atoms with E-state index < -0.39 is 0 Å². The van der Waals surface area contributed by atoms with Crippen molar-refractivity contribution in [2.75, 3.05) is 6.61 Å². The topological polar surface area (TPSA) is 55.0 Å². The average molecular weight is 355 g/mol. The zero-order valence-electron chi connectivity index (χ0n) is 14.2. The number of nitrogens with zero attached hydrogens (tertiary/aromatic N) is 1. The van der Waals surface area contributed by atoms with Gasteiger partial charge in [0.25, 0.3) is 5.56 Å². The minimum atomic E-state index is -0.122. The van der Waals surface area contributed by atoms with Crippen molar-refractivity contribution >= 4 is 22.5 Å². The lowest BCUT2D eigenvalue weighted by Gasteiger charge is -2.12. The number of halogens is 1. The summed E-state index contributed by atoms with van der Waals surface area (Å²) >= 11 is 6.28. The highest BCUT2D eigenvalue weighted by atomic mass is 35.5. The Morgan fingerprint density at radius 3 is 2.80 bits per heavy atom. The van der Waals surface area contributed by atoms with Gasteiger partial charge in [-0.15, -0.1) is 0 Å². The smallest absolute Gasteiger partial charge is 0.258 e. The van der Waals surface area contributed by atoms with Crippen molar-refractivity contribution in [3.63, 3.8) is 0 Å². The largest absolute Gasteiger partial charge is 0.492 e. The molecular formula is C20H19ClN2O2. The summed E-state index contributed by atoms with van der Waals surface area (Å²) in [5, 5.41) is 1.19. The van der Waals surface area contributed by atoms with Gasteiger partial charge in [0.1, 0.15) is 11.6 Å². The molecule has 1 heterocycles. The lowest BCUT2D eigenvalue weighted by molar-refractivity contribution is 0.300. The number of rotatable bonds is 4. The van der Waals surface area contributed by atoms with Crippen LogP contribution >= 0.6 is 11.6 Å². The van der Waals surface area contributed by atoms with E-state index in [-0.39, 0.29) is 5.56 Å². The van der Waals surface area contributed by atoms with Crippen molar-refractivity contribution in [3.8, 4) is 16.9 Å². The summed E-state index contributed by atoms with van der Waals surface area (Å²) in [6.07, 6.45) is 2.46. The van der Waals surface area contributed by atoms with E-state index in [1.165, 1.54) is 12.8 Å². The molecule has 3 aromatic rings. The number of benzene rings is 2. The Balaban J connectivity index is 1.79. The fourth-order valence-electron chi connectivity index (χ4n) is 2.99. The van der Waals surface area contributed by atoms with Crippen LogP contribution in [-0.4, -0.2) is 16.6 Å². The van der Waals surface area contributed by atoms with Crippen LogP contribution in [0.25, 0.3) is 22.0 Å². The van der Waals surface area contributed by atoms with Gasteiger partial charge in [-0.2, -0.15) is 0 Å². The standard InChI is InChI=1S/C20H19ClN2O2/c1-11-7-18-16(20(24)23-12(2)22-18)9-15(11)14-5-6-17(21)19(8-14)25-10-13-3-4-13/h5-9,13H,3-4,10H2,1-2H3,(H,22,23,24). The van der Waals surface area contributed by atoms with Gasteiger partial charge in [0.15, 0.2) is 0 Å². The van der Waals surface area contributed by atoms with Crippen molar-refractivity contribution in [2.45, 2.75) is 26.7 Å². The van der Waals surface area contributed by atoms with Gasteiger partial charge < -0.3 is 9.72 Å². The summed E-state index contributed by atoms with van der Waals surface area (Å²) in [4.78, 5) is 19.4. The molecule has 0 atom stereocenters. The first-order chi connectivity index (χ1) is 12.0. The van der Waals surface area contributed by atoms with Crippen LogP contribution in [0.1, 0.15) is 24.2 Å². The normalized spacial score (nSPS) is 14.0. The number of H-pyrrole nitrogens is 1. The molecule has 0 aliphatic heterocycles. The van der Waals surface area contributed by atoms with Gasteiger partial charge in [-0.05, 0) is 73.6 Å². The molecule has 1 N–H and O–H groups in total. The fourth-order valence-corrected chi connectivity index (χ4v) is 3.16. The highest BCUT2D eigenvalue weighted by Crippen LogP contribution is 2.35. The zero-order valence-corrected chi connectivity index (χ0v) is 15.0. The van der Waals surface area contributed by atoms with Gasteiger partial charge in [-0.25, -0.2) is 4.98 Å². The van der Waals surface area contributed by atoms with Crippen LogP contribution in [-0.2, 0) is 0 Å². The predicted octanol–water partition coefficient (Wildman–Crippen LogP) is 4.65. The molecule has 2 aromatic carbocycles. The number of aryl methyl sites for hydroxylation is 2. The van der Waals surface area contributed by atoms with Gasteiger partial charge in [0.2, 0.25) is 0 Å². The van der Waals surface area contributed by atoms with Crippen LogP contribution in [0.3, 0.4) is 0 Å². The van der Waals surface area contributed by atoms with Crippen LogP contribution in [0.4, 0.5) is 0 Å². The Hall–Kier alpha value is -2.33. The molecule has 25 heavy (non-hydrogen) atoms. The Kier molecular flexibility index (Phi) is 4.00. The molecule has 4 rings (SSSR count). The number of aromatic nitrogens is 2. The Morgan fingerprint density at radius 1 is 1.24 bits per heavy atom. The number of aromatic amines is 1. The lowest BCUT2D eigenvalue weighted by atomic mass is 9.98. The van der Waals surface area contributed by atoms with Crippen molar-refractivity contribution in [1.29, 1.82) is 0 Å². The summed E-state index contributed by atoms with van der Waals surface area (Å²) in [5.41, 5.74) is 3.61. The van der Waals surface area contributed by atoms with Crippen molar-refractivity contribution in [2.24, 2.45) is 5.92 Å². The molecule has 0 unspecified atom stereocenters. The maximum Gasteiger partial charge on any atom is 0.258 e. The van der Waals surface area contributed by atoms with Gasteiger partial charge >= 0.3 is 0 Å². The number of fused-ring (bicyclic) bond motifs is 1. The van der Waals surface area contributed by atoms with Gasteiger partial charge in [-0.1, -0.05) is 17.7 Å². The molecule has 0 bridgehead atoms. The van der Waals surface area contributed by atoms with E-state index in [4.69, 9.17) is 16.3 Å². The molecule has 0 saturated heterocycles. The number of hydrogen-bond acceptors (Lipinski definition) is 3. The third kappa shape index (κ3) is 3.27. The third-order valence-corrected chi connectivity index (χ3v) is 4.90. The number of nitrogens with one attached hydrogen (secondary N) is 1. The predicted molar refractivity (Wildman–Crippen MR) is 101 cm³/mol. The average Bonchev–Trinajstić information content (AvgIpc) is 3.38. The van der Waals surface area contributed by atoms with E-state index in [1.807, 2.05) is 37.3 Å². The highest BCUT2D eigenvalue weighted by molar-refractivity contribution is 6.32. The van der Waals surface area contributed by atoms with Crippen LogP contribution in [0.2, 0.25) is 5.02 Å². The first-order valence-electron chi connectivity index (χ1n) is 8.45. The Bertz CT molecular complexity index is 1020. The van der Waals surface area contributed by atoms with E-state index >= 15 is 0 Å². The summed E-state index contributed by atoms with van der Waals surface area (Å²) in [6, 6.07) is 9.60. The van der Waals surface area contributed by atoms with Gasteiger partial charge in [0, 0.05) is 0 Å². The second kappa shape index (κ2) is 6.19. The molecular weight excluding hydrogens is 336 g/mol.